The van der Waals surface area contributed by atoms with Crippen LogP contribution < -0.4 is 49.5 Å². The van der Waals surface area contributed by atoms with Crippen molar-refractivity contribution in [2.45, 2.75) is 87.7 Å². The summed E-state index contributed by atoms with van der Waals surface area (Å²) < 4.78 is 0. The number of aliphatic hydroxyl groups is 1. The SMILES string of the molecule is CC(NC(=O)C(N)CS)C(=O)NC(CC(=O)O)C(=O)NC(CO)C(=O)NC(CC(N)=O)C(=O)N1CCCC1C(=O)NC(CCCN=C(N)N)C(=O)O. The van der Waals surface area contributed by atoms with Gasteiger partial charge in [-0.15, -0.1) is 0 Å². The van der Waals surface area contributed by atoms with Crippen LogP contribution in [-0.4, -0.2) is 147 Å². The number of carboxylic acid groups (broad SMARTS) is 2. The second-order valence-corrected chi connectivity index (χ2v) is 12.1. The molecule has 16 N–H and O–H groups in total. The van der Waals surface area contributed by atoms with Crippen LogP contribution in [0.4, 0.5) is 0 Å². The third-order valence-electron chi connectivity index (χ3n) is 7.53. The average molecular weight is 762 g/mol. The first kappa shape index (κ1) is 44.8. The van der Waals surface area contributed by atoms with E-state index in [9.17, 15) is 58.5 Å². The van der Waals surface area contributed by atoms with Gasteiger partial charge in [0.15, 0.2) is 5.96 Å². The van der Waals surface area contributed by atoms with Gasteiger partial charge in [0, 0.05) is 18.8 Å². The largest absolute Gasteiger partial charge is 0.481 e. The molecule has 23 nitrogen and oxygen atoms in total. The Hall–Kier alpha value is -5.23. The van der Waals surface area contributed by atoms with Gasteiger partial charge in [-0.2, -0.15) is 12.6 Å². The minimum Gasteiger partial charge on any atom is -0.481 e. The van der Waals surface area contributed by atoms with Gasteiger partial charge in [0.05, 0.1) is 25.5 Å². The van der Waals surface area contributed by atoms with Crippen LogP contribution >= 0.6 is 12.6 Å². The molecule has 0 aliphatic carbocycles. The van der Waals surface area contributed by atoms with E-state index >= 15 is 0 Å². The Kier molecular flexibility index (Phi) is 18.8. The number of carbonyl (C=O) groups excluding carboxylic acids is 7. The molecule has 0 aromatic carbocycles. The van der Waals surface area contributed by atoms with E-state index in [1.807, 2.05) is 0 Å². The lowest BCUT2D eigenvalue weighted by Crippen LogP contribution is -2.60. The van der Waals surface area contributed by atoms with E-state index in [1.54, 1.807) is 0 Å². The van der Waals surface area contributed by atoms with Crippen LogP contribution in [0.1, 0.15) is 45.4 Å². The van der Waals surface area contributed by atoms with Crippen LogP contribution in [0, 0.1) is 0 Å². The summed E-state index contributed by atoms with van der Waals surface area (Å²) in [5, 5.41) is 39.7. The number of carboxylic acids is 2. The smallest absolute Gasteiger partial charge is 0.326 e. The second-order valence-electron chi connectivity index (χ2n) is 11.7. The number of hydrogen-bond donors (Lipinski definition) is 13. The van der Waals surface area contributed by atoms with Crippen LogP contribution in [0.3, 0.4) is 0 Å². The van der Waals surface area contributed by atoms with Crippen molar-refractivity contribution >= 4 is 71.9 Å². The van der Waals surface area contributed by atoms with Crippen molar-refractivity contribution in [3.05, 3.63) is 0 Å². The summed E-state index contributed by atoms with van der Waals surface area (Å²) in [4.78, 5) is 117. The summed E-state index contributed by atoms with van der Waals surface area (Å²) in [7, 11) is 0. The number of rotatable bonds is 22. The Balaban J connectivity index is 3.08. The van der Waals surface area contributed by atoms with Crippen molar-refractivity contribution in [1.29, 1.82) is 0 Å². The molecule has 1 heterocycles. The Bertz CT molecular complexity index is 1380. The first-order chi connectivity index (χ1) is 24.3. The lowest BCUT2D eigenvalue weighted by atomic mass is 10.1. The summed E-state index contributed by atoms with van der Waals surface area (Å²) >= 11 is 3.88. The van der Waals surface area contributed by atoms with Crippen molar-refractivity contribution in [3.63, 3.8) is 0 Å². The maximum Gasteiger partial charge on any atom is 0.326 e. The minimum absolute atomic E-state index is 0.0273. The number of nitrogens with one attached hydrogen (secondary N) is 5. The molecule has 0 saturated carbocycles. The van der Waals surface area contributed by atoms with E-state index in [2.05, 4.69) is 44.2 Å². The average Bonchev–Trinajstić information content (AvgIpc) is 3.56. The summed E-state index contributed by atoms with van der Waals surface area (Å²) in [6, 6.07) is -10.3. The highest BCUT2D eigenvalue weighted by Gasteiger charge is 2.40. The van der Waals surface area contributed by atoms with Crippen molar-refractivity contribution in [3.8, 4) is 0 Å². The van der Waals surface area contributed by atoms with Crippen LogP contribution in [0.5, 0.6) is 0 Å². The first-order valence-corrected chi connectivity index (χ1v) is 16.5. The normalized spacial score (nSPS) is 17.2. The molecule has 0 aromatic rings. The molecule has 0 aromatic heterocycles. The molecule has 0 radical (unpaired) electrons. The fourth-order valence-electron chi connectivity index (χ4n) is 4.82. The molecule has 1 aliphatic rings. The summed E-state index contributed by atoms with van der Waals surface area (Å²) in [6.45, 7) is 0.191. The van der Waals surface area contributed by atoms with Gasteiger partial charge >= 0.3 is 11.9 Å². The zero-order chi connectivity index (χ0) is 39.7. The molecule has 1 fully saturated rings. The molecule has 7 unspecified atom stereocenters. The fraction of sp³-hybridized carbons (Fsp3) is 0.643. The Morgan fingerprint density at radius 1 is 0.827 bits per heavy atom. The molecule has 7 amide bonds. The zero-order valence-electron chi connectivity index (χ0n) is 28.3. The number of amides is 7. The standard InChI is InChI=1S/C28H47N11O12S/c1-12(34-22(45)13(29)11-52)21(44)36-15(9-20(42)43)23(46)38-17(10-40)24(47)37-16(8-19(30)41)26(49)39-7-3-5-18(39)25(48)35-14(27(50)51)4-2-6-33-28(31)32/h12-18,40,52H,2-11,29H2,1H3,(H2,30,41)(H,34,45)(H,35,48)(H,36,44)(H,37,47)(H,38,46)(H,42,43)(H,50,51)(H4,31,32,33). The van der Waals surface area contributed by atoms with Crippen molar-refractivity contribution in [2.24, 2.45) is 27.9 Å². The fourth-order valence-corrected chi connectivity index (χ4v) is 4.99. The van der Waals surface area contributed by atoms with Gasteiger partial charge in [0.25, 0.3) is 0 Å². The third-order valence-corrected chi connectivity index (χ3v) is 7.92. The monoisotopic (exact) mass is 761 g/mol. The highest BCUT2D eigenvalue weighted by atomic mass is 32.1. The number of nitrogens with zero attached hydrogens (tertiary/aromatic N) is 2. The number of guanidine groups is 1. The lowest BCUT2D eigenvalue weighted by Gasteiger charge is -2.30. The van der Waals surface area contributed by atoms with Crippen LogP contribution in [0.25, 0.3) is 0 Å². The maximum atomic E-state index is 13.6. The van der Waals surface area contributed by atoms with E-state index < -0.39 is 115 Å². The Labute approximate surface area is 302 Å². The summed E-state index contributed by atoms with van der Waals surface area (Å²) in [5.41, 5.74) is 21.3. The van der Waals surface area contributed by atoms with Crippen LogP contribution in [0.15, 0.2) is 4.99 Å². The van der Waals surface area contributed by atoms with Gasteiger partial charge in [0.2, 0.25) is 41.4 Å². The van der Waals surface area contributed by atoms with E-state index in [-0.39, 0.29) is 44.1 Å². The number of thiol groups is 1. The molecule has 52 heavy (non-hydrogen) atoms. The number of carbonyl (C=O) groups is 9. The number of aliphatic hydroxyl groups excluding tert-OH is 1. The van der Waals surface area contributed by atoms with Gasteiger partial charge in [0.1, 0.15) is 36.3 Å². The van der Waals surface area contributed by atoms with Crippen LogP contribution in [-0.2, 0) is 43.2 Å². The Morgan fingerprint density at radius 3 is 1.96 bits per heavy atom. The van der Waals surface area contributed by atoms with Crippen molar-refractivity contribution < 1.29 is 58.5 Å². The molecule has 0 spiro atoms. The van der Waals surface area contributed by atoms with E-state index in [0.717, 1.165) is 4.90 Å². The number of primary amides is 1. The molecule has 1 aliphatic heterocycles. The zero-order valence-corrected chi connectivity index (χ0v) is 29.2. The highest BCUT2D eigenvalue weighted by molar-refractivity contribution is 7.80. The molecule has 24 heteroatoms. The third kappa shape index (κ3) is 14.9. The van der Waals surface area contributed by atoms with Gasteiger partial charge < -0.3 is 69.7 Å². The number of aliphatic carboxylic acids is 2. The maximum absolute atomic E-state index is 13.6. The molecule has 1 saturated heterocycles. The molecule has 7 atom stereocenters. The molecular formula is C28H47N11O12S. The second kappa shape index (κ2) is 21.9. The molecule has 0 bridgehead atoms. The van der Waals surface area contributed by atoms with Gasteiger partial charge in [-0.3, -0.25) is 43.3 Å². The Morgan fingerprint density at radius 2 is 1.42 bits per heavy atom. The number of aliphatic imine (C=N–C) groups is 1. The van der Waals surface area contributed by atoms with Crippen LogP contribution in [0.2, 0.25) is 0 Å². The van der Waals surface area contributed by atoms with Gasteiger partial charge in [-0.1, -0.05) is 0 Å². The minimum atomic E-state index is -1.86. The van der Waals surface area contributed by atoms with E-state index in [1.165, 1.54) is 6.92 Å². The number of hydrogen-bond acceptors (Lipinski definition) is 13. The van der Waals surface area contributed by atoms with Crippen molar-refractivity contribution in [1.82, 2.24) is 31.5 Å². The molecule has 1 rings (SSSR count). The van der Waals surface area contributed by atoms with E-state index in [0.29, 0.717) is 6.42 Å². The molecular weight excluding hydrogens is 714 g/mol. The first-order valence-electron chi connectivity index (χ1n) is 15.9. The lowest BCUT2D eigenvalue weighted by molar-refractivity contribution is -0.145. The van der Waals surface area contributed by atoms with Crippen molar-refractivity contribution in [2.75, 3.05) is 25.4 Å². The predicted molar refractivity (Wildman–Crippen MR) is 183 cm³/mol. The highest BCUT2D eigenvalue weighted by Crippen LogP contribution is 2.20. The number of likely N-dealkylation sites (tertiary alicyclic amines) is 1. The summed E-state index contributed by atoms with van der Waals surface area (Å²) in [6.07, 6.45) is -1.24. The quantitative estimate of drug-likeness (QED) is 0.0211. The van der Waals surface area contributed by atoms with Gasteiger partial charge in [-0.05, 0) is 32.6 Å². The summed E-state index contributed by atoms with van der Waals surface area (Å²) in [5.74, 6) is -10.2. The van der Waals surface area contributed by atoms with Gasteiger partial charge in [-0.25, -0.2) is 4.79 Å². The predicted octanol–water partition coefficient (Wildman–Crippen LogP) is -6.84. The molecule has 292 valence electrons. The topological polar surface area (TPSA) is 394 Å². The van der Waals surface area contributed by atoms with E-state index in [4.69, 9.17) is 22.9 Å². The number of nitrogens with two attached hydrogens (primary N) is 4.